The van der Waals surface area contributed by atoms with Crippen LogP contribution in [-0.2, 0) is 38.1 Å². The number of carbonyl (C=O) groups excluding carboxylic acids is 3. The molecule has 3 saturated heterocycles. The van der Waals surface area contributed by atoms with Crippen molar-refractivity contribution in [3.63, 3.8) is 0 Å². The molecule has 2 aromatic rings. The van der Waals surface area contributed by atoms with Gasteiger partial charge in [-0.05, 0) is 91.2 Å². The van der Waals surface area contributed by atoms with Gasteiger partial charge in [0.15, 0.2) is 17.8 Å². The molecule has 0 aliphatic carbocycles. The highest BCUT2D eigenvalue weighted by Crippen LogP contribution is 2.40. The van der Waals surface area contributed by atoms with Gasteiger partial charge in [0.25, 0.3) is 0 Å². The number of aliphatic hydroxyl groups is 2. The molecule has 5 rings (SSSR count). The summed E-state index contributed by atoms with van der Waals surface area (Å²) in [5, 5.41) is 37.5. The van der Waals surface area contributed by atoms with Crippen molar-refractivity contribution in [1.29, 1.82) is 0 Å². The number of nitrogens with zero attached hydrogens (tertiary/aromatic N) is 5. The first-order valence-electron chi connectivity index (χ1n) is 20.5. The number of hydrogen-bond donors (Lipinski definition) is 3. The number of aliphatic hydroxyl groups excluding tert-OH is 1. The predicted octanol–water partition coefficient (Wildman–Crippen LogP) is 4.08. The van der Waals surface area contributed by atoms with Crippen LogP contribution in [0, 0.1) is 23.7 Å². The third-order valence-electron chi connectivity index (χ3n) is 11.9. The highest BCUT2D eigenvalue weighted by atomic mass is 32.1. The maximum atomic E-state index is 14.5. The van der Waals surface area contributed by atoms with E-state index in [9.17, 15) is 24.6 Å². The first-order chi connectivity index (χ1) is 28.2. The molecule has 13 atom stereocenters. The van der Waals surface area contributed by atoms with Crippen molar-refractivity contribution in [1.82, 2.24) is 15.1 Å². The number of fused-ring (bicyclic) bond motifs is 5. The molecular weight excluding hydrogens is 797 g/mol. The number of cyclic esters (lactones) is 1. The number of aromatic nitrogens is 2. The molecule has 0 radical (unpaired) electrons. The summed E-state index contributed by atoms with van der Waals surface area (Å²) in [6, 6.07) is 6.67. The monoisotopic (exact) mass is 858 g/mol. The summed E-state index contributed by atoms with van der Waals surface area (Å²) in [6.07, 6.45) is -5.22. The number of esters is 1. The van der Waals surface area contributed by atoms with E-state index in [1.165, 1.54) is 32.1 Å². The Morgan fingerprint density at radius 2 is 1.75 bits per heavy atom. The molecule has 3 aliphatic rings. The molecule has 0 spiro atoms. The Morgan fingerprint density at radius 3 is 2.35 bits per heavy atom. The van der Waals surface area contributed by atoms with Gasteiger partial charge in [-0.25, -0.2) is 4.99 Å². The summed E-state index contributed by atoms with van der Waals surface area (Å²) in [5.41, 5.74) is 3.93. The molecule has 1 aromatic carbocycles. The first-order valence-corrected chi connectivity index (χ1v) is 21.4. The zero-order valence-corrected chi connectivity index (χ0v) is 37.3. The summed E-state index contributed by atoms with van der Waals surface area (Å²) in [6.45, 7) is 14.6. The van der Waals surface area contributed by atoms with Crippen molar-refractivity contribution in [2.75, 3.05) is 33.0 Å². The number of ketones is 1. The number of aliphatic imine (C=N–C) groups is 1. The molecule has 0 saturated carbocycles. The lowest BCUT2D eigenvalue weighted by Crippen LogP contribution is -2.60. The molecule has 332 valence electrons. The van der Waals surface area contributed by atoms with Crippen molar-refractivity contribution in [3.05, 3.63) is 24.3 Å². The molecule has 3 aliphatic heterocycles. The Hall–Kier alpha value is -3.75. The third-order valence-corrected chi connectivity index (χ3v) is 12.7. The van der Waals surface area contributed by atoms with Gasteiger partial charge in [-0.2, -0.15) is 0 Å². The molecule has 0 unspecified atom stereocenters. The van der Waals surface area contributed by atoms with Crippen LogP contribution in [0.4, 0.5) is 5.13 Å². The lowest BCUT2D eigenvalue weighted by Gasteiger charge is -2.47. The Bertz CT molecular complexity index is 1890. The summed E-state index contributed by atoms with van der Waals surface area (Å²) >= 11 is 1.25. The van der Waals surface area contributed by atoms with Gasteiger partial charge in [-0.3, -0.25) is 14.4 Å². The second kappa shape index (κ2) is 19.5. The molecule has 17 nitrogen and oxygen atoms in total. The van der Waals surface area contributed by atoms with Gasteiger partial charge in [-0.15, -0.1) is 10.2 Å². The van der Waals surface area contributed by atoms with Crippen molar-refractivity contribution in [3.8, 4) is 16.3 Å². The molecule has 2 bridgehead atoms. The summed E-state index contributed by atoms with van der Waals surface area (Å²) in [4.78, 5) is 53.6. The Kier molecular flexibility index (Phi) is 15.4. The van der Waals surface area contributed by atoms with Crippen LogP contribution in [0.2, 0.25) is 0 Å². The maximum absolute atomic E-state index is 14.5. The van der Waals surface area contributed by atoms with Gasteiger partial charge in [0, 0.05) is 36.1 Å². The molecule has 18 heteroatoms. The number of rotatable bonds is 7. The molecular formula is C42H62N6O11S. The number of likely N-dealkylation sites (N-methyl/N-ethyl adjacent to an activating group) is 1. The van der Waals surface area contributed by atoms with Gasteiger partial charge in [0.2, 0.25) is 11.0 Å². The second-order valence-electron chi connectivity index (χ2n) is 17.1. The number of nitrogens with two attached hydrogens (primary N) is 1. The number of nitrogen functional groups attached to an aromatic ring is 1. The average molecular weight is 859 g/mol. The first kappa shape index (κ1) is 47.3. The van der Waals surface area contributed by atoms with Crippen molar-refractivity contribution < 1.29 is 53.1 Å². The van der Waals surface area contributed by atoms with E-state index in [2.05, 4.69) is 20.3 Å². The van der Waals surface area contributed by atoms with Crippen LogP contribution in [0.1, 0.15) is 81.6 Å². The smallest absolute Gasteiger partial charge is 0.316 e. The van der Waals surface area contributed by atoms with Gasteiger partial charge >= 0.3 is 5.97 Å². The molecule has 4 N–H and O–H groups in total. The Labute approximate surface area is 356 Å². The number of benzene rings is 1. The van der Waals surface area contributed by atoms with Gasteiger partial charge < -0.3 is 49.4 Å². The van der Waals surface area contributed by atoms with Crippen LogP contribution in [0.15, 0.2) is 34.4 Å². The van der Waals surface area contributed by atoms with E-state index >= 15 is 0 Å². The van der Waals surface area contributed by atoms with E-state index in [1.807, 2.05) is 32.8 Å². The molecule has 60 heavy (non-hydrogen) atoms. The summed E-state index contributed by atoms with van der Waals surface area (Å²) < 4.78 is 32.5. The normalized spacial score (nSPS) is 37.6. The summed E-state index contributed by atoms with van der Waals surface area (Å²) in [7, 11) is 3.72. The number of carbonyl (C=O) groups is 3. The Balaban J connectivity index is 1.67. The fraction of sp³-hybridized carbons (Fsp3) is 0.690. The second-order valence-corrected chi connectivity index (χ2v) is 18.1. The number of oxime groups is 1. The van der Waals surface area contributed by atoms with E-state index < -0.39 is 83.2 Å². The van der Waals surface area contributed by atoms with Gasteiger partial charge in [-0.1, -0.05) is 44.2 Å². The lowest BCUT2D eigenvalue weighted by atomic mass is 9.73. The van der Waals surface area contributed by atoms with Crippen molar-refractivity contribution in [2.45, 2.75) is 136 Å². The minimum Gasteiger partial charge on any atom is -0.459 e. The minimum atomic E-state index is -1.87. The predicted molar refractivity (Wildman–Crippen MR) is 224 cm³/mol. The van der Waals surface area contributed by atoms with Crippen molar-refractivity contribution >= 4 is 45.6 Å². The quantitative estimate of drug-likeness (QED) is 0.203. The molecule has 4 heterocycles. The lowest BCUT2D eigenvalue weighted by molar-refractivity contribution is -0.296. The standard InChI is InChI=1S/C42H62N6O11S/c1-12-31-42(9,53)36-23(4)32(44-26(7)49)21(2)18-41(8,55-20-28(19-54-36)47-59-29-15-13-27(14-16-29)37-45-46-40(43)60-37)35(24(5)33(50)25(6)38(52)57-31)58-39-34(51)30(48(10)11)17-22(3)56-39/h13-16,21-25,30-31,34-36,39,51,53H,12,17-20H2,1-11H3,(H2,43,46)/b44-32?,47-28+/t21-,22-,23+,24+,25-,30+,31-,34-,35-,36+,39+,41-,42-/m1/s1. The maximum Gasteiger partial charge on any atom is 0.316 e. The van der Waals surface area contributed by atoms with E-state index in [-0.39, 0.29) is 43.9 Å². The number of hydrogen-bond acceptors (Lipinski definition) is 17. The van der Waals surface area contributed by atoms with Gasteiger partial charge in [0.1, 0.15) is 34.4 Å². The van der Waals surface area contributed by atoms with Crippen LogP contribution in [-0.4, -0.2) is 136 Å². The molecule has 3 fully saturated rings. The molecule has 1 aromatic heterocycles. The van der Waals surface area contributed by atoms with E-state index in [0.29, 0.717) is 28.0 Å². The van der Waals surface area contributed by atoms with E-state index in [0.717, 1.165) is 5.56 Å². The average Bonchev–Trinajstić information content (AvgIpc) is 3.63. The summed E-state index contributed by atoms with van der Waals surface area (Å²) in [5.74, 6) is -5.02. The van der Waals surface area contributed by atoms with Gasteiger partial charge in [0.05, 0.1) is 37.1 Å². The van der Waals surface area contributed by atoms with Crippen LogP contribution in [0.3, 0.4) is 0 Å². The molecule has 1 amide bonds. The van der Waals surface area contributed by atoms with E-state index in [4.69, 9.17) is 34.3 Å². The number of amides is 1. The highest BCUT2D eigenvalue weighted by Gasteiger charge is 2.53. The fourth-order valence-electron chi connectivity index (χ4n) is 8.73. The van der Waals surface area contributed by atoms with Crippen molar-refractivity contribution in [2.24, 2.45) is 33.8 Å². The Morgan fingerprint density at radius 1 is 1.07 bits per heavy atom. The third kappa shape index (κ3) is 10.6. The van der Waals surface area contributed by atoms with Crippen LogP contribution in [0.25, 0.3) is 10.6 Å². The number of Topliss-reactive ketones (excluding diaryl/α,β-unsaturated/α-hetero) is 1. The van der Waals surface area contributed by atoms with Crippen LogP contribution in [0.5, 0.6) is 5.75 Å². The van der Waals surface area contributed by atoms with Crippen LogP contribution < -0.4 is 10.6 Å². The van der Waals surface area contributed by atoms with E-state index in [1.54, 1.807) is 52.0 Å². The fourth-order valence-corrected chi connectivity index (χ4v) is 9.35. The number of anilines is 1. The van der Waals surface area contributed by atoms with Crippen LogP contribution >= 0.6 is 11.3 Å². The highest BCUT2D eigenvalue weighted by molar-refractivity contribution is 7.18. The topological polar surface area (TPSA) is 227 Å². The minimum absolute atomic E-state index is 0.123. The largest absolute Gasteiger partial charge is 0.459 e. The number of ether oxygens (including phenoxy) is 5. The SMILES string of the molecule is CC[C@H]1OC(=O)[C@H](C)C(=O)[C@H](C)[C@@H](O[C@@H]2O[C@H](C)C[C@H](N(C)C)[C@H]2O)[C@@]2(C)C[C@@H](C)C(=NC(C)=O)[C@H](C)[C@H](OC/C(=N\Oc3ccc(-c4nnc(N)s4)cc3)CO2)[C@]1(C)O. The zero-order chi connectivity index (χ0) is 44.3. The zero-order valence-electron chi connectivity index (χ0n) is 36.5.